The van der Waals surface area contributed by atoms with Gasteiger partial charge in [-0.15, -0.1) is 0 Å². The second-order valence-corrected chi connectivity index (χ2v) is 5.55. The quantitative estimate of drug-likeness (QED) is 0.426. The molecule has 1 aromatic carbocycles. The minimum absolute atomic E-state index is 0.0249. The van der Waals surface area contributed by atoms with E-state index < -0.39 is 4.92 Å². The number of benzene rings is 1. The SMILES string of the molecule is Cc1cc([N+](=O)[O-])ccc1-c1ccc(/C=N/NC(=O)c2ccoc2C)o1. The Bertz CT molecular complexity index is 1000. The lowest BCUT2D eigenvalue weighted by Crippen LogP contribution is -2.17. The first-order chi connectivity index (χ1) is 12.5. The zero-order valence-electron chi connectivity index (χ0n) is 14.1. The number of aryl methyl sites for hydroxylation is 2. The van der Waals surface area contributed by atoms with Crippen molar-refractivity contribution in [3.8, 4) is 11.3 Å². The predicted octanol–water partition coefficient (Wildman–Crippen LogP) is 3.83. The van der Waals surface area contributed by atoms with Crippen LogP contribution >= 0.6 is 0 Å². The molecule has 0 aliphatic carbocycles. The molecule has 0 radical (unpaired) electrons. The van der Waals surface area contributed by atoms with Crippen LogP contribution in [0.4, 0.5) is 5.69 Å². The highest BCUT2D eigenvalue weighted by molar-refractivity contribution is 5.95. The molecule has 3 aromatic rings. The number of nitro groups is 1. The Morgan fingerprint density at radius 3 is 2.69 bits per heavy atom. The number of non-ortho nitro benzene ring substituents is 1. The second-order valence-electron chi connectivity index (χ2n) is 5.55. The molecular weight excluding hydrogens is 338 g/mol. The molecule has 8 heteroatoms. The number of amides is 1. The Kier molecular flexibility index (Phi) is 4.66. The number of furan rings is 2. The Hall–Kier alpha value is -3.68. The molecule has 0 bridgehead atoms. The first kappa shape index (κ1) is 17.2. The van der Waals surface area contributed by atoms with E-state index in [9.17, 15) is 14.9 Å². The normalized spacial score (nSPS) is 11.0. The van der Waals surface area contributed by atoms with Crippen molar-refractivity contribution in [2.75, 3.05) is 0 Å². The van der Waals surface area contributed by atoms with E-state index >= 15 is 0 Å². The molecule has 0 aliphatic rings. The highest BCUT2D eigenvalue weighted by Gasteiger charge is 2.12. The van der Waals surface area contributed by atoms with Gasteiger partial charge in [-0.1, -0.05) is 0 Å². The van der Waals surface area contributed by atoms with Crippen LogP contribution in [0, 0.1) is 24.0 Å². The van der Waals surface area contributed by atoms with Crippen molar-refractivity contribution in [2.24, 2.45) is 5.10 Å². The lowest BCUT2D eigenvalue weighted by atomic mass is 10.1. The van der Waals surface area contributed by atoms with Crippen LogP contribution in [0.3, 0.4) is 0 Å². The van der Waals surface area contributed by atoms with Crippen LogP contribution in [-0.2, 0) is 0 Å². The van der Waals surface area contributed by atoms with Gasteiger partial charge < -0.3 is 8.83 Å². The van der Waals surface area contributed by atoms with E-state index in [0.717, 1.165) is 11.1 Å². The molecule has 132 valence electrons. The van der Waals surface area contributed by atoms with Crippen LogP contribution in [0.1, 0.15) is 27.4 Å². The summed E-state index contributed by atoms with van der Waals surface area (Å²) >= 11 is 0. The van der Waals surface area contributed by atoms with E-state index in [1.54, 1.807) is 38.1 Å². The summed E-state index contributed by atoms with van der Waals surface area (Å²) in [5.74, 6) is 1.11. The molecule has 0 fully saturated rings. The zero-order chi connectivity index (χ0) is 18.7. The molecule has 0 saturated heterocycles. The fourth-order valence-corrected chi connectivity index (χ4v) is 2.44. The summed E-state index contributed by atoms with van der Waals surface area (Å²) in [5, 5.41) is 14.7. The molecule has 0 atom stereocenters. The standard InChI is InChI=1S/C18H15N3O5/c1-11-9-13(21(23)24)3-5-15(11)17-6-4-14(26-17)10-19-20-18(22)16-7-8-25-12(16)2/h3-10H,1-2H3,(H,20,22)/b19-10+. The number of nitro benzene ring substituents is 1. The number of nitrogens with one attached hydrogen (secondary N) is 1. The number of carbonyl (C=O) groups excluding carboxylic acids is 1. The van der Waals surface area contributed by atoms with Crippen LogP contribution in [0.5, 0.6) is 0 Å². The number of nitrogens with zero attached hydrogens (tertiary/aromatic N) is 2. The molecule has 0 aliphatic heterocycles. The van der Waals surface area contributed by atoms with E-state index in [4.69, 9.17) is 8.83 Å². The van der Waals surface area contributed by atoms with Crippen molar-refractivity contribution < 1.29 is 18.6 Å². The summed E-state index contributed by atoms with van der Waals surface area (Å²) in [6, 6.07) is 9.52. The molecule has 26 heavy (non-hydrogen) atoms. The Labute approximate surface area is 148 Å². The Morgan fingerprint density at radius 1 is 1.23 bits per heavy atom. The van der Waals surface area contributed by atoms with Gasteiger partial charge in [0.2, 0.25) is 0 Å². The first-order valence-electron chi connectivity index (χ1n) is 7.68. The second kappa shape index (κ2) is 7.06. The number of hydrazone groups is 1. The lowest BCUT2D eigenvalue weighted by molar-refractivity contribution is -0.384. The van der Waals surface area contributed by atoms with Gasteiger partial charge in [0.05, 0.1) is 23.0 Å². The van der Waals surface area contributed by atoms with Gasteiger partial charge in [0, 0.05) is 17.7 Å². The van der Waals surface area contributed by atoms with Crippen molar-refractivity contribution in [1.29, 1.82) is 0 Å². The monoisotopic (exact) mass is 353 g/mol. The minimum atomic E-state index is -0.443. The van der Waals surface area contributed by atoms with E-state index in [-0.39, 0.29) is 11.6 Å². The van der Waals surface area contributed by atoms with Crippen molar-refractivity contribution in [1.82, 2.24) is 5.43 Å². The van der Waals surface area contributed by atoms with Crippen molar-refractivity contribution in [3.63, 3.8) is 0 Å². The molecule has 0 saturated carbocycles. The maximum atomic E-state index is 11.9. The summed E-state index contributed by atoms with van der Waals surface area (Å²) in [5.41, 5.74) is 4.29. The van der Waals surface area contributed by atoms with Crippen molar-refractivity contribution >= 4 is 17.8 Å². The number of hydrogen-bond acceptors (Lipinski definition) is 6. The third-order valence-electron chi connectivity index (χ3n) is 3.77. The Morgan fingerprint density at radius 2 is 2.04 bits per heavy atom. The molecular formula is C18H15N3O5. The van der Waals surface area contributed by atoms with Crippen LogP contribution in [-0.4, -0.2) is 17.0 Å². The highest BCUT2D eigenvalue weighted by Crippen LogP contribution is 2.28. The molecule has 1 amide bonds. The van der Waals surface area contributed by atoms with E-state index in [1.807, 2.05) is 0 Å². The molecule has 2 aromatic heterocycles. The molecule has 0 unspecified atom stereocenters. The topological polar surface area (TPSA) is 111 Å². The largest absolute Gasteiger partial charge is 0.469 e. The van der Waals surface area contributed by atoms with Gasteiger partial charge in [-0.25, -0.2) is 5.43 Å². The van der Waals surface area contributed by atoms with Gasteiger partial charge in [-0.3, -0.25) is 14.9 Å². The van der Waals surface area contributed by atoms with Gasteiger partial charge in [0.1, 0.15) is 17.3 Å². The minimum Gasteiger partial charge on any atom is -0.469 e. The number of hydrogen-bond donors (Lipinski definition) is 1. The van der Waals surface area contributed by atoms with Gasteiger partial charge in [-0.05, 0) is 43.7 Å². The van der Waals surface area contributed by atoms with Crippen molar-refractivity contribution in [2.45, 2.75) is 13.8 Å². The van der Waals surface area contributed by atoms with Crippen LogP contribution in [0.15, 0.2) is 56.6 Å². The average Bonchev–Trinajstić information content (AvgIpc) is 3.23. The summed E-state index contributed by atoms with van der Waals surface area (Å²) in [7, 11) is 0. The van der Waals surface area contributed by atoms with E-state index in [0.29, 0.717) is 22.8 Å². The maximum Gasteiger partial charge on any atom is 0.274 e. The lowest BCUT2D eigenvalue weighted by Gasteiger charge is -2.02. The van der Waals surface area contributed by atoms with E-state index in [1.165, 1.54) is 24.6 Å². The summed E-state index contributed by atoms with van der Waals surface area (Å²) in [6.07, 6.45) is 2.80. The summed E-state index contributed by atoms with van der Waals surface area (Å²) in [6.45, 7) is 3.45. The van der Waals surface area contributed by atoms with E-state index in [2.05, 4.69) is 10.5 Å². The van der Waals surface area contributed by atoms with Crippen LogP contribution in [0.2, 0.25) is 0 Å². The van der Waals surface area contributed by atoms with Gasteiger partial charge in [0.15, 0.2) is 0 Å². The molecule has 2 heterocycles. The first-order valence-corrected chi connectivity index (χ1v) is 7.68. The predicted molar refractivity (Wildman–Crippen MR) is 94.0 cm³/mol. The van der Waals surface area contributed by atoms with Gasteiger partial charge >= 0.3 is 0 Å². The highest BCUT2D eigenvalue weighted by atomic mass is 16.6. The van der Waals surface area contributed by atoms with Crippen LogP contribution in [0.25, 0.3) is 11.3 Å². The average molecular weight is 353 g/mol. The molecule has 3 rings (SSSR count). The summed E-state index contributed by atoms with van der Waals surface area (Å²) in [4.78, 5) is 22.3. The smallest absolute Gasteiger partial charge is 0.274 e. The fourth-order valence-electron chi connectivity index (χ4n) is 2.44. The molecule has 8 nitrogen and oxygen atoms in total. The molecule has 0 spiro atoms. The zero-order valence-corrected chi connectivity index (χ0v) is 14.1. The number of carbonyl (C=O) groups is 1. The van der Waals surface area contributed by atoms with Crippen LogP contribution < -0.4 is 5.43 Å². The van der Waals surface area contributed by atoms with Gasteiger partial charge in [0.25, 0.3) is 11.6 Å². The summed E-state index contributed by atoms with van der Waals surface area (Å²) < 4.78 is 10.7. The third kappa shape index (κ3) is 3.54. The fraction of sp³-hybridized carbons (Fsp3) is 0.111. The Balaban J connectivity index is 1.71. The van der Waals surface area contributed by atoms with Crippen molar-refractivity contribution in [3.05, 3.63) is 75.4 Å². The molecule has 1 N–H and O–H groups in total. The third-order valence-corrected chi connectivity index (χ3v) is 3.77. The maximum absolute atomic E-state index is 11.9. The number of rotatable bonds is 5. The van der Waals surface area contributed by atoms with Gasteiger partial charge in [-0.2, -0.15) is 5.10 Å².